The molecule has 1 aromatic rings. The van der Waals surface area contributed by atoms with Crippen molar-refractivity contribution in [3.8, 4) is 0 Å². The van der Waals surface area contributed by atoms with E-state index in [4.69, 9.17) is 4.11 Å². The standard InChI is InChI=1S/C9H10N2O2/c1-6(2)8-9(11(12)13)7(3)4-5-10-8/h4-5H,1H2,2-3H3/i3D3. The Morgan fingerprint density at radius 3 is 3.00 bits per heavy atom. The molecule has 0 aliphatic heterocycles. The second-order valence-corrected chi connectivity index (χ2v) is 2.59. The molecule has 0 saturated carbocycles. The summed E-state index contributed by atoms with van der Waals surface area (Å²) >= 11 is 0. The first-order valence-electron chi connectivity index (χ1n) is 5.05. The molecule has 0 saturated heterocycles. The van der Waals surface area contributed by atoms with Crippen LogP contribution in [0.1, 0.15) is 22.3 Å². The highest BCUT2D eigenvalue weighted by atomic mass is 16.6. The first-order chi connectivity index (χ1) is 7.25. The summed E-state index contributed by atoms with van der Waals surface area (Å²) in [4.78, 5) is 13.9. The third-order valence-corrected chi connectivity index (χ3v) is 1.51. The van der Waals surface area contributed by atoms with Crippen LogP contribution in [0.5, 0.6) is 0 Å². The maximum Gasteiger partial charge on any atom is 0.297 e. The van der Waals surface area contributed by atoms with Gasteiger partial charge in [-0.05, 0) is 25.4 Å². The number of hydrogen-bond donors (Lipinski definition) is 0. The van der Waals surface area contributed by atoms with Crippen LogP contribution in [0.15, 0.2) is 18.8 Å². The van der Waals surface area contributed by atoms with Gasteiger partial charge in [-0.25, -0.2) is 4.98 Å². The van der Waals surface area contributed by atoms with Gasteiger partial charge in [-0.3, -0.25) is 10.1 Å². The van der Waals surface area contributed by atoms with Gasteiger partial charge in [0.2, 0.25) is 0 Å². The number of nitro groups is 1. The van der Waals surface area contributed by atoms with Crippen molar-refractivity contribution in [1.29, 1.82) is 0 Å². The van der Waals surface area contributed by atoms with Gasteiger partial charge in [0.15, 0.2) is 0 Å². The Labute approximate surface area is 80.3 Å². The summed E-state index contributed by atoms with van der Waals surface area (Å²) in [7, 11) is 0. The smallest absolute Gasteiger partial charge is 0.258 e. The Morgan fingerprint density at radius 1 is 1.85 bits per heavy atom. The summed E-state index contributed by atoms with van der Waals surface area (Å²) in [6.07, 6.45) is 1.23. The maximum atomic E-state index is 10.9. The molecule has 68 valence electrons. The zero-order valence-electron chi connectivity index (χ0n) is 10.1. The third-order valence-electron chi connectivity index (χ3n) is 1.51. The van der Waals surface area contributed by atoms with E-state index in [0.29, 0.717) is 5.57 Å². The van der Waals surface area contributed by atoms with Crippen LogP contribution in [-0.4, -0.2) is 9.91 Å². The minimum absolute atomic E-state index is 0.0126. The maximum absolute atomic E-state index is 10.9. The van der Waals surface area contributed by atoms with Crippen LogP contribution in [0, 0.1) is 17.0 Å². The number of aromatic nitrogens is 1. The number of aryl methyl sites for hydroxylation is 1. The summed E-state index contributed by atoms with van der Waals surface area (Å²) in [5.74, 6) is 0. The van der Waals surface area contributed by atoms with Crippen molar-refractivity contribution < 1.29 is 9.04 Å². The second kappa shape index (κ2) is 3.35. The molecule has 0 amide bonds. The van der Waals surface area contributed by atoms with Crippen molar-refractivity contribution in [1.82, 2.24) is 4.98 Å². The molecule has 0 bridgehead atoms. The molecular weight excluding hydrogens is 168 g/mol. The van der Waals surface area contributed by atoms with Gasteiger partial charge < -0.3 is 0 Å². The zero-order chi connectivity index (χ0) is 12.5. The SMILES string of the molecule is [2H]C([2H])([2H])c1ccnc(C(=C)C)c1[N+](=O)[O-]. The van der Waals surface area contributed by atoms with Crippen molar-refractivity contribution in [2.45, 2.75) is 13.8 Å². The topological polar surface area (TPSA) is 56.0 Å². The van der Waals surface area contributed by atoms with Gasteiger partial charge in [0.25, 0.3) is 5.69 Å². The average molecular weight is 181 g/mol. The van der Waals surface area contributed by atoms with E-state index in [9.17, 15) is 10.1 Å². The highest BCUT2D eigenvalue weighted by Gasteiger charge is 2.17. The number of pyridine rings is 1. The minimum atomic E-state index is -2.53. The molecule has 0 aromatic carbocycles. The lowest BCUT2D eigenvalue weighted by atomic mass is 10.1. The van der Waals surface area contributed by atoms with E-state index in [-0.39, 0.29) is 11.3 Å². The molecule has 1 heterocycles. The van der Waals surface area contributed by atoms with Crippen molar-refractivity contribution >= 4 is 11.3 Å². The number of hydrogen-bond acceptors (Lipinski definition) is 3. The van der Waals surface area contributed by atoms with Crippen LogP contribution in [0.3, 0.4) is 0 Å². The molecule has 1 aromatic heterocycles. The largest absolute Gasteiger partial charge is 0.297 e. The molecule has 0 spiro atoms. The Balaban J connectivity index is 3.58. The van der Waals surface area contributed by atoms with Gasteiger partial charge in [-0.2, -0.15) is 0 Å². The summed E-state index contributed by atoms with van der Waals surface area (Å²) in [6.45, 7) is 2.55. The van der Waals surface area contributed by atoms with E-state index in [1.807, 2.05) is 0 Å². The normalized spacial score (nSPS) is 14.1. The lowest BCUT2D eigenvalue weighted by Crippen LogP contribution is -1.98. The molecule has 0 fully saturated rings. The number of nitrogens with zero attached hydrogens (tertiary/aromatic N) is 2. The molecule has 0 radical (unpaired) electrons. The highest BCUT2D eigenvalue weighted by molar-refractivity contribution is 5.68. The average Bonchev–Trinajstić information content (AvgIpc) is 2.14. The Morgan fingerprint density at radius 2 is 2.54 bits per heavy atom. The summed E-state index contributed by atoms with van der Waals surface area (Å²) < 4.78 is 21.6. The fourth-order valence-electron chi connectivity index (χ4n) is 0.951. The molecular formula is C9H10N2O2. The number of rotatable bonds is 2. The fraction of sp³-hybridized carbons (Fsp3) is 0.222. The van der Waals surface area contributed by atoms with Gasteiger partial charge >= 0.3 is 0 Å². The van der Waals surface area contributed by atoms with Gasteiger partial charge in [0.1, 0.15) is 5.69 Å². The summed E-state index contributed by atoms with van der Waals surface area (Å²) in [6, 6.07) is 1.14. The molecule has 0 unspecified atom stereocenters. The van der Waals surface area contributed by atoms with Crippen LogP contribution in [0.25, 0.3) is 5.57 Å². The van der Waals surface area contributed by atoms with E-state index in [1.165, 1.54) is 6.20 Å². The van der Waals surface area contributed by atoms with Crippen LogP contribution >= 0.6 is 0 Å². The van der Waals surface area contributed by atoms with Crippen molar-refractivity contribution in [2.75, 3.05) is 0 Å². The first kappa shape index (κ1) is 5.85. The molecule has 0 atom stereocenters. The second-order valence-electron chi connectivity index (χ2n) is 2.59. The van der Waals surface area contributed by atoms with Crippen LogP contribution in [0.4, 0.5) is 5.69 Å². The van der Waals surface area contributed by atoms with Crippen LogP contribution in [-0.2, 0) is 0 Å². The summed E-state index contributed by atoms with van der Waals surface area (Å²) in [5, 5.41) is 10.9. The molecule has 13 heavy (non-hydrogen) atoms. The van der Waals surface area contributed by atoms with Crippen molar-refractivity contribution in [2.24, 2.45) is 0 Å². The first-order valence-corrected chi connectivity index (χ1v) is 3.55. The van der Waals surface area contributed by atoms with Crippen LogP contribution < -0.4 is 0 Å². The van der Waals surface area contributed by atoms with E-state index in [2.05, 4.69) is 11.6 Å². The number of allylic oxidation sites excluding steroid dienone is 1. The predicted octanol–water partition coefficient (Wildman–Crippen LogP) is 2.33. The van der Waals surface area contributed by atoms with Gasteiger partial charge in [0.05, 0.1) is 4.92 Å². The Kier molecular flexibility index (Phi) is 1.51. The lowest BCUT2D eigenvalue weighted by Gasteiger charge is -2.02. The summed E-state index contributed by atoms with van der Waals surface area (Å²) in [5.41, 5.74) is -0.433. The predicted molar refractivity (Wildman–Crippen MR) is 50.3 cm³/mol. The zero-order valence-corrected chi connectivity index (χ0v) is 7.07. The molecule has 0 aliphatic carbocycles. The van der Waals surface area contributed by atoms with Gasteiger partial charge in [-0.15, -0.1) is 0 Å². The van der Waals surface area contributed by atoms with E-state index >= 15 is 0 Å². The quantitative estimate of drug-likeness (QED) is 0.519. The molecule has 0 aliphatic rings. The highest BCUT2D eigenvalue weighted by Crippen LogP contribution is 2.25. The van der Waals surface area contributed by atoms with Gasteiger partial charge in [0, 0.05) is 15.9 Å². The van der Waals surface area contributed by atoms with E-state index in [0.717, 1.165) is 6.07 Å². The van der Waals surface area contributed by atoms with Crippen molar-refractivity contribution in [3.05, 3.63) is 40.2 Å². The van der Waals surface area contributed by atoms with Crippen molar-refractivity contribution in [3.63, 3.8) is 0 Å². The molecule has 4 heteroatoms. The molecule has 1 rings (SSSR count). The van der Waals surface area contributed by atoms with Crippen LogP contribution in [0.2, 0.25) is 0 Å². The third kappa shape index (κ3) is 1.72. The molecule has 4 nitrogen and oxygen atoms in total. The Hall–Kier alpha value is -1.71. The fourth-order valence-corrected chi connectivity index (χ4v) is 0.951. The van der Waals surface area contributed by atoms with E-state index < -0.39 is 17.5 Å². The van der Waals surface area contributed by atoms with E-state index in [1.54, 1.807) is 6.92 Å². The monoisotopic (exact) mass is 181 g/mol. The molecule has 0 N–H and O–H groups in total. The van der Waals surface area contributed by atoms with Gasteiger partial charge in [-0.1, -0.05) is 6.58 Å². The lowest BCUT2D eigenvalue weighted by molar-refractivity contribution is -0.386. The Bertz CT molecular complexity index is 455. The minimum Gasteiger partial charge on any atom is -0.258 e.